The van der Waals surface area contributed by atoms with Crippen molar-refractivity contribution in [2.75, 3.05) is 6.54 Å². The van der Waals surface area contributed by atoms with E-state index in [9.17, 15) is 14.7 Å². The number of carbonyl (C=O) groups is 2. The van der Waals surface area contributed by atoms with E-state index in [1.54, 1.807) is 12.1 Å². The monoisotopic (exact) mass is 262 g/mol. The molecular formula is C14H18N2O3. The lowest BCUT2D eigenvalue weighted by Gasteiger charge is -2.33. The highest BCUT2D eigenvalue weighted by molar-refractivity contribution is 5.99. The highest BCUT2D eigenvalue weighted by Gasteiger charge is 2.32. The molecular weight excluding hydrogens is 244 g/mol. The van der Waals surface area contributed by atoms with E-state index in [1.807, 2.05) is 6.92 Å². The van der Waals surface area contributed by atoms with Crippen LogP contribution in [0.15, 0.2) is 18.2 Å². The minimum atomic E-state index is -0.568. The average molecular weight is 262 g/mol. The predicted octanol–water partition coefficient (Wildman–Crippen LogP) is 1.18. The third-order valence-electron chi connectivity index (χ3n) is 3.47. The summed E-state index contributed by atoms with van der Waals surface area (Å²) in [5.41, 5.74) is 6.46. The number of aromatic hydroxyl groups is 1. The standard InChI is InChI=1S/C14H18N2O3/c1-9-5-6-12(17)10(8-9)14(19)16-7-3-2-4-11(16)13(15)18/h5-6,8,11,17H,2-4,7H2,1H3,(H2,15,18). The highest BCUT2D eigenvalue weighted by Crippen LogP contribution is 2.24. The zero-order valence-electron chi connectivity index (χ0n) is 10.9. The fraction of sp³-hybridized carbons (Fsp3) is 0.429. The lowest BCUT2D eigenvalue weighted by molar-refractivity contribution is -0.123. The van der Waals surface area contributed by atoms with Gasteiger partial charge >= 0.3 is 0 Å². The van der Waals surface area contributed by atoms with Crippen LogP contribution in [0.3, 0.4) is 0 Å². The summed E-state index contributed by atoms with van der Waals surface area (Å²) in [5.74, 6) is -0.880. The molecule has 0 aliphatic carbocycles. The summed E-state index contributed by atoms with van der Waals surface area (Å²) in [6, 6.07) is 4.28. The van der Waals surface area contributed by atoms with Crippen molar-refractivity contribution in [3.8, 4) is 5.75 Å². The number of phenolic OH excluding ortho intramolecular Hbond substituents is 1. The Labute approximate surface area is 112 Å². The minimum absolute atomic E-state index is 0.0654. The lowest BCUT2D eigenvalue weighted by Crippen LogP contribution is -2.50. The van der Waals surface area contributed by atoms with Crippen LogP contribution in [0, 0.1) is 6.92 Å². The number of aryl methyl sites for hydroxylation is 1. The van der Waals surface area contributed by atoms with Gasteiger partial charge in [-0.1, -0.05) is 11.6 Å². The molecule has 5 nitrogen and oxygen atoms in total. The van der Waals surface area contributed by atoms with Crippen molar-refractivity contribution in [1.29, 1.82) is 0 Å². The summed E-state index contributed by atoms with van der Waals surface area (Å²) in [6.07, 6.45) is 2.33. The molecule has 1 aliphatic heterocycles. The zero-order chi connectivity index (χ0) is 14.0. The van der Waals surface area contributed by atoms with E-state index >= 15 is 0 Å². The van der Waals surface area contributed by atoms with Crippen molar-refractivity contribution in [1.82, 2.24) is 4.90 Å². The summed E-state index contributed by atoms with van der Waals surface area (Å²) >= 11 is 0. The fourth-order valence-corrected chi connectivity index (χ4v) is 2.45. The van der Waals surface area contributed by atoms with Gasteiger partial charge in [0.1, 0.15) is 11.8 Å². The van der Waals surface area contributed by atoms with Crippen molar-refractivity contribution in [3.63, 3.8) is 0 Å². The molecule has 1 aliphatic rings. The first-order valence-electron chi connectivity index (χ1n) is 6.40. The number of amides is 2. The van der Waals surface area contributed by atoms with E-state index in [0.717, 1.165) is 18.4 Å². The molecule has 19 heavy (non-hydrogen) atoms. The van der Waals surface area contributed by atoms with Crippen LogP contribution in [0.25, 0.3) is 0 Å². The number of carbonyl (C=O) groups excluding carboxylic acids is 2. The Morgan fingerprint density at radius 2 is 2.11 bits per heavy atom. The molecule has 0 aromatic heterocycles. The first-order chi connectivity index (χ1) is 9.00. The molecule has 1 fully saturated rings. The summed E-state index contributed by atoms with van der Waals surface area (Å²) in [5, 5.41) is 9.80. The van der Waals surface area contributed by atoms with Crippen molar-refractivity contribution in [3.05, 3.63) is 29.3 Å². The Kier molecular flexibility index (Phi) is 3.74. The number of nitrogens with zero attached hydrogens (tertiary/aromatic N) is 1. The van der Waals surface area contributed by atoms with Crippen LogP contribution in [0.4, 0.5) is 0 Å². The van der Waals surface area contributed by atoms with Crippen molar-refractivity contribution in [2.24, 2.45) is 5.73 Å². The van der Waals surface area contributed by atoms with Crippen molar-refractivity contribution < 1.29 is 14.7 Å². The van der Waals surface area contributed by atoms with E-state index in [-0.39, 0.29) is 17.2 Å². The number of piperidine rings is 1. The quantitative estimate of drug-likeness (QED) is 0.839. The van der Waals surface area contributed by atoms with E-state index in [0.29, 0.717) is 13.0 Å². The number of hydrogen-bond acceptors (Lipinski definition) is 3. The minimum Gasteiger partial charge on any atom is -0.507 e. The number of likely N-dealkylation sites (tertiary alicyclic amines) is 1. The molecule has 1 aromatic rings. The molecule has 3 N–H and O–H groups in total. The van der Waals surface area contributed by atoms with Gasteiger partial charge in [-0.3, -0.25) is 9.59 Å². The number of benzene rings is 1. The Bertz CT molecular complexity index is 513. The summed E-state index contributed by atoms with van der Waals surface area (Å²) in [4.78, 5) is 25.3. The van der Waals surface area contributed by atoms with Crippen LogP contribution in [0.2, 0.25) is 0 Å². The Morgan fingerprint density at radius 1 is 1.37 bits per heavy atom. The summed E-state index contributed by atoms with van der Waals surface area (Å²) in [6.45, 7) is 2.35. The predicted molar refractivity (Wildman–Crippen MR) is 70.7 cm³/mol. The van der Waals surface area contributed by atoms with Gasteiger partial charge in [0.05, 0.1) is 5.56 Å². The summed E-state index contributed by atoms with van der Waals surface area (Å²) in [7, 11) is 0. The number of phenols is 1. The lowest BCUT2D eigenvalue weighted by atomic mass is 9.99. The van der Waals surface area contributed by atoms with Gasteiger partial charge in [-0.25, -0.2) is 0 Å². The second-order valence-electron chi connectivity index (χ2n) is 4.93. The molecule has 1 heterocycles. The average Bonchev–Trinajstić information content (AvgIpc) is 2.40. The Balaban J connectivity index is 2.31. The zero-order valence-corrected chi connectivity index (χ0v) is 10.9. The van der Waals surface area contributed by atoms with Gasteiger partial charge in [0.2, 0.25) is 5.91 Å². The highest BCUT2D eigenvalue weighted by atomic mass is 16.3. The Morgan fingerprint density at radius 3 is 2.79 bits per heavy atom. The van der Waals surface area contributed by atoms with Gasteiger partial charge in [0.15, 0.2) is 0 Å². The molecule has 1 aromatic carbocycles. The smallest absolute Gasteiger partial charge is 0.258 e. The van der Waals surface area contributed by atoms with Crippen molar-refractivity contribution in [2.45, 2.75) is 32.2 Å². The molecule has 0 spiro atoms. The maximum Gasteiger partial charge on any atom is 0.258 e. The van der Waals surface area contributed by atoms with Crippen LogP contribution in [-0.4, -0.2) is 34.4 Å². The van der Waals surface area contributed by atoms with Crippen LogP contribution in [0.5, 0.6) is 5.75 Å². The molecule has 0 saturated carbocycles. The fourth-order valence-electron chi connectivity index (χ4n) is 2.45. The van der Waals surface area contributed by atoms with E-state index in [1.165, 1.54) is 11.0 Å². The largest absolute Gasteiger partial charge is 0.507 e. The number of hydrogen-bond donors (Lipinski definition) is 2. The van der Waals surface area contributed by atoms with Crippen LogP contribution in [0.1, 0.15) is 35.2 Å². The second kappa shape index (κ2) is 5.30. The van der Waals surface area contributed by atoms with Gasteiger partial charge < -0.3 is 15.7 Å². The molecule has 0 bridgehead atoms. The van der Waals surface area contributed by atoms with Crippen LogP contribution >= 0.6 is 0 Å². The first-order valence-corrected chi connectivity index (χ1v) is 6.40. The third kappa shape index (κ3) is 2.70. The van der Waals surface area contributed by atoms with Crippen LogP contribution < -0.4 is 5.73 Å². The molecule has 2 rings (SSSR count). The second-order valence-corrected chi connectivity index (χ2v) is 4.93. The number of rotatable bonds is 2. The molecule has 1 atom stereocenters. The van der Waals surface area contributed by atoms with Crippen LogP contribution in [-0.2, 0) is 4.79 Å². The molecule has 1 saturated heterocycles. The topological polar surface area (TPSA) is 83.6 Å². The number of nitrogens with two attached hydrogens (primary N) is 1. The number of primary amides is 1. The molecule has 0 radical (unpaired) electrons. The van der Waals surface area contributed by atoms with Gasteiger partial charge in [-0.2, -0.15) is 0 Å². The van der Waals surface area contributed by atoms with E-state index < -0.39 is 11.9 Å². The van der Waals surface area contributed by atoms with E-state index in [4.69, 9.17) is 5.73 Å². The summed E-state index contributed by atoms with van der Waals surface area (Å²) < 4.78 is 0. The van der Waals surface area contributed by atoms with Gasteiger partial charge in [0.25, 0.3) is 5.91 Å². The van der Waals surface area contributed by atoms with Crippen molar-refractivity contribution >= 4 is 11.8 Å². The van der Waals surface area contributed by atoms with Gasteiger partial charge in [-0.05, 0) is 38.3 Å². The molecule has 2 amide bonds. The normalized spacial score (nSPS) is 19.2. The van der Waals surface area contributed by atoms with E-state index in [2.05, 4.69) is 0 Å². The molecule has 1 unspecified atom stereocenters. The molecule has 102 valence electrons. The SMILES string of the molecule is Cc1ccc(O)c(C(=O)N2CCCCC2C(N)=O)c1. The molecule has 5 heteroatoms. The van der Waals surface area contributed by atoms with Gasteiger partial charge in [0, 0.05) is 6.54 Å². The third-order valence-corrected chi connectivity index (χ3v) is 3.47. The maximum atomic E-state index is 12.4. The maximum absolute atomic E-state index is 12.4. The van der Waals surface area contributed by atoms with Gasteiger partial charge in [-0.15, -0.1) is 0 Å². The first kappa shape index (κ1) is 13.4. The Hall–Kier alpha value is -2.04.